The van der Waals surface area contributed by atoms with Crippen LogP contribution in [-0.2, 0) is 4.74 Å². The van der Waals surface area contributed by atoms with Crippen molar-refractivity contribution < 1.29 is 4.74 Å². The Labute approximate surface area is 94.9 Å². The molecule has 15 heavy (non-hydrogen) atoms. The number of hydrogen-bond donors (Lipinski definition) is 2. The molecular weight excluding hydrogens is 214 g/mol. The van der Waals surface area contributed by atoms with E-state index in [0.717, 1.165) is 0 Å². The zero-order chi connectivity index (χ0) is 11.4. The predicted octanol–water partition coefficient (Wildman–Crippen LogP) is 1.85. The lowest BCUT2D eigenvalue weighted by Gasteiger charge is -2.36. The number of morpholine rings is 1. The van der Waals surface area contributed by atoms with E-state index in [1.54, 1.807) is 6.08 Å². The molecule has 1 heterocycles. The Balaban J connectivity index is 2.55. The molecule has 5 heteroatoms. The molecule has 0 aromatic carbocycles. The normalized spacial score (nSPS) is 27.0. The summed E-state index contributed by atoms with van der Waals surface area (Å²) in [5.74, 6) is 0.377. The van der Waals surface area contributed by atoms with Gasteiger partial charge in [0, 0.05) is 13.1 Å². The summed E-state index contributed by atoms with van der Waals surface area (Å²) in [7, 11) is 0. The highest BCUT2D eigenvalue weighted by molar-refractivity contribution is 6.67. The topological polar surface area (TPSA) is 60.2 Å². The average molecular weight is 230 g/mol. The molecule has 0 amide bonds. The van der Waals surface area contributed by atoms with Gasteiger partial charge < -0.3 is 9.64 Å². The quantitative estimate of drug-likeness (QED) is 0.561. The van der Waals surface area contributed by atoms with Gasteiger partial charge in [0.25, 0.3) is 0 Å². The van der Waals surface area contributed by atoms with Gasteiger partial charge >= 0.3 is 0 Å². The van der Waals surface area contributed by atoms with E-state index in [1.165, 1.54) is 6.08 Å². The number of ether oxygens (including phenoxy) is 1. The second kappa shape index (κ2) is 5.28. The van der Waals surface area contributed by atoms with Crippen molar-refractivity contribution in [2.75, 3.05) is 13.1 Å². The maximum Gasteiger partial charge on any atom is 0.120 e. The fraction of sp³-hybridized carbons (Fsp3) is 0.600. The highest BCUT2D eigenvalue weighted by Crippen LogP contribution is 2.11. The standard InChI is InChI=1S/C10H16ClN3O/c1-7-5-14(6-8(2)15-7)10(13)4-3-9(11)12/h3-4,7-8,12-13H,5-6H2,1-2H3/b4-3-,12-9?,13-10?. The van der Waals surface area contributed by atoms with E-state index < -0.39 is 0 Å². The Morgan fingerprint density at radius 3 is 2.27 bits per heavy atom. The van der Waals surface area contributed by atoms with Crippen molar-refractivity contribution >= 4 is 22.6 Å². The van der Waals surface area contributed by atoms with Crippen LogP contribution in [0.3, 0.4) is 0 Å². The molecule has 0 spiro atoms. The van der Waals surface area contributed by atoms with Crippen molar-refractivity contribution in [3.63, 3.8) is 0 Å². The highest BCUT2D eigenvalue weighted by atomic mass is 35.5. The zero-order valence-electron chi connectivity index (χ0n) is 8.96. The van der Waals surface area contributed by atoms with Crippen LogP contribution in [0.2, 0.25) is 0 Å². The van der Waals surface area contributed by atoms with Crippen LogP contribution in [0.25, 0.3) is 0 Å². The van der Waals surface area contributed by atoms with E-state index >= 15 is 0 Å². The molecule has 0 radical (unpaired) electrons. The third kappa shape index (κ3) is 4.01. The average Bonchev–Trinajstić information content (AvgIpc) is 2.12. The third-order valence-electron chi connectivity index (χ3n) is 2.15. The van der Waals surface area contributed by atoms with Gasteiger partial charge in [-0.2, -0.15) is 0 Å². The molecule has 84 valence electrons. The number of rotatable bonds is 2. The van der Waals surface area contributed by atoms with E-state index in [2.05, 4.69) is 0 Å². The van der Waals surface area contributed by atoms with Crippen LogP contribution in [0, 0.1) is 10.8 Å². The summed E-state index contributed by atoms with van der Waals surface area (Å²) in [4.78, 5) is 1.93. The second-order valence-electron chi connectivity index (χ2n) is 3.73. The number of halogens is 1. The summed E-state index contributed by atoms with van der Waals surface area (Å²) < 4.78 is 5.56. The molecule has 0 bridgehead atoms. The van der Waals surface area contributed by atoms with Crippen molar-refractivity contribution in [1.82, 2.24) is 4.90 Å². The molecule has 1 fully saturated rings. The second-order valence-corrected chi connectivity index (χ2v) is 4.14. The van der Waals surface area contributed by atoms with Crippen LogP contribution in [-0.4, -0.2) is 41.2 Å². The predicted molar refractivity (Wildman–Crippen MR) is 62.0 cm³/mol. The summed E-state index contributed by atoms with van der Waals surface area (Å²) in [6.07, 6.45) is 3.23. The highest BCUT2D eigenvalue weighted by Gasteiger charge is 2.22. The number of hydrogen-bond acceptors (Lipinski definition) is 3. The lowest BCUT2D eigenvalue weighted by Crippen LogP contribution is -2.47. The summed E-state index contributed by atoms with van der Waals surface area (Å²) in [5.41, 5.74) is 0. The Hall–Kier alpha value is -0.870. The van der Waals surface area contributed by atoms with Crippen molar-refractivity contribution in [1.29, 1.82) is 10.8 Å². The van der Waals surface area contributed by atoms with Crippen LogP contribution in [0.15, 0.2) is 12.2 Å². The Kier molecular flexibility index (Phi) is 4.29. The van der Waals surface area contributed by atoms with E-state index in [4.69, 9.17) is 27.2 Å². The minimum absolute atomic E-state index is 0.0610. The molecule has 1 rings (SSSR count). The number of nitrogens with zero attached hydrogens (tertiary/aromatic N) is 1. The van der Waals surface area contributed by atoms with Gasteiger partial charge in [0.15, 0.2) is 0 Å². The van der Waals surface area contributed by atoms with Gasteiger partial charge in [-0.3, -0.25) is 10.8 Å². The minimum Gasteiger partial charge on any atom is -0.372 e. The molecule has 0 aromatic heterocycles. The summed E-state index contributed by atoms with van der Waals surface area (Å²) in [6.45, 7) is 5.40. The zero-order valence-corrected chi connectivity index (χ0v) is 9.71. The molecular formula is C10H16ClN3O. The van der Waals surface area contributed by atoms with E-state index in [-0.39, 0.29) is 17.4 Å². The van der Waals surface area contributed by atoms with Crippen LogP contribution in [0.4, 0.5) is 0 Å². The lowest BCUT2D eigenvalue weighted by molar-refractivity contribution is -0.0479. The monoisotopic (exact) mass is 229 g/mol. The molecule has 0 saturated carbocycles. The van der Waals surface area contributed by atoms with Crippen LogP contribution < -0.4 is 0 Å². The molecule has 4 nitrogen and oxygen atoms in total. The van der Waals surface area contributed by atoms with Crippen LogP contribution in [0.5, 0.6) is 0 Å². The summed E-state index contributed by atoms with van der Waals surface area (Å²) in [6, 6.07) is 0. The van der Waals surface area contributed by atoms with Gasteiger partial charge in [-0.25, -0.2) is 0 Å². The fourth-order valence-corrected chi connectivity index (χ4v) is 1.70. The molecule has 0 aromatic rings. The van der Waals surface area contributed by atoms with Gasteiger partial charge in [0.05, 0.1) is 12.2 Å². The Morgan fingerprint density at radius 1 is 1.27 bits per heavy atom. The van der Waals surface area contributed by atoms with Gasteiger partial charge in [0.2, 0.25) is 0 Å². The van der Waals surface area contributed by atoms with Crippen molar-refractivity contribution in [3.05, 3.63) is 12.2 Å². The third-order valence-corrected chi connectivity index (χ3v) is 2.27. The molecule has 1 aliphatic heterocycles. The maximum atomic E-state index is 7.78. The number of allylic oxidation sites excluding steroid dienone is 1. The summed E-state index contributed by atoms with van der Waals surface area (Å²) in [5, 5.41) is 14.7. The fourth-order valence-electron chi connectivity index (χ4n) is 1.63. The molecule has 2 unspecified atom stereocenters. The SMILES string of the molecule is CC1CN(C(=N)/C=C\C(=N)Cl)CC(C)O1. The van der Waals surface area contributed by atoms with Crippen molar-refractivity contribution in [3.8, 4) is 0 Å². The molecule has 2 atom stereocenters. The van der Waals surface area contributed by atoms with E-state index in [0.29, 0.717) is 18.9 Å². The Morgan fingerprint density at radius 2 is 1.80 bits per heavy atom. The molecule has 0 aliphatic carbocycles. The number of amidine groups is 1. The van der Waals surface area contributed by atoms with Gasteiger partial charge in [0.1, 0.15) is 11.0 Å². The van der Waals surface area contributed by atoms with Gasteiger partial charge in [-0.15, -0.1) is 0 Å². The van der Waals surface area contributed by atoms with Crippen LogP contribution >= 0.6 is 11.6 Å². The van der Waals surface area contributed by atoms with Crippen molar-refractivity contribution in [2.45, 2.75) is 26.1 Å². The van der Waals surface area contributed by atoms with Crippen LogP contribution in [0.1, 0.15) is 13.8 Å². The first kappa shape index (κ1) is 12.2. The largest absolute Gasteiger partial charge is 0.372 e. The first-order valence-electron chi connectivity index (χ1n) is 4.90. The first-order chi connectivity index (χ1) is 6.99. The lowest BCUT2D eigenvalue weighted by atomic mass is 10.2. The maximum absolute atomic E-state index is 7.78. The first-order valence-corrected chi connectivity index (χ1v) is 5.28. The summed E-state index contributed by atoms with van der Waals surface area (Å²) >= 11 is 5.37. The smallest absolute Gasteiger partial charge is 0.120 e. The molecule has 1 aliphatic rings. The molecule has 1 saturated heterocycles. The van der Waals surface area contributed by atoms with Gasteiger partial charge in [-0.05, 0) is 26.0 Å². The molecule has 2 N–H and O–H groups in total. The van der Waals surface area contributed by atoms with E-state index in [9.17, 15) is 0 Å². The number of nitrogens with one attached hydrogen (secondary N) is 2. The van der Waals surface area contributed by atoms with Crippen molar-refractivity contribution in [2.24, 2.45) is 0 Å². The van der Waals surface area contributed by atoms with E-state index in [1.807, 2.05) is 18.7 Å². The minimum atomic E-state index is -0.0610. The Bertz CT molecular complexity index is 280. The van der Waals surface area contributed by atoms with Gasteiger partial charge in [-0.1, -0.05) is 11.6 Å².